The highest BCUT2D eigenvalue weighted by atomic mass is 79.9. The number of fused-ring (bicyclic) bond motifs is 1. The number of amides is 2. The third-order valence-corrected chi connectivity index (χ3v) is 6.34. The topological polar surface area (TPSA) is 130 Å². The normalized spacial score (nSPS) is 14.5. The number of aliphatic hydroxyl groups excluding tert-OH is 1. The average molecular weight is 497 g/mol. The Hall–Kier alpha value is -2.60. The fraction of sp³-hybridized carbons (Fsp3) is 0.211. The number of esters is 1. The molecule has 1 aliphatic rings. The van der Waals surface area contributed by atoms with Gasteiger partial charge < -0.3 is 9.84 Å². The van der Waals surface area contributed by atoms with E-state index in [9.17, 15) is 27.9 Å². The summed E-state index contributed by atoms with van der Waals surface area (Å²) in [5, 5.41) is 9.41. The van der Waals surface area contributed by atoms with Crippen LogP contribution in [0.3, 0.4) is 0 Å². The maximum atomic E-state index is 12.4. The van der Waals surface area contributed by atoms with Crippen LogP contribution in [0.15, 0.2) is 57.9 Å². The van der Waals surface area contributed by atoms with Gasteiger partial charge in [-0.05, 0) is 36.4 Å². The van der Waals surface area contributed by atoms with Gasteiger partial charge in [0, 0.05) is 4.47 Å². The van der Waals surface area contributed by atoms with Gasteiger partial charge in [-0.25, -0.2) is 8.42 Å². The summed E-state index contributed by atoms with van der Waals surface area (Å²) in [5.74, 6) is -2.03. The van der Waals surface area contributed by atoms with Crippen molar-refractivity contribution in [1.29, 1.82) is 0 Å². The summed E-state index contributed by atoms with van der Waals surface area (Å²) in [4.78, 5) is 37.6. The van der Waals surface area contributed by atoms with Gasteiger partial charge in [0.25, 0.3) is 11.8 Å². The Morgan fingerprint density at radius 2 is 1.63 bits per heavy atom. The lowest BCUT2D eigenvalue weighted by Crippen LogP contribution is -2.45. The van der Waals surface area contributed by atoms with E-state index >= 15 is 0 Å². The van der Waals surface area contributed by atoms with Gasteiger partial charge >= 0.3 is 5.97 Å². The summed E-state index contributed by atoms with van der Waals surface area (Å²) in [7, 11) is -4.08. The molecule has 158 valence electrons. The molecule has 0 bridgehead atoms. The van der Waals surface area contributed by atoms with E-state index in [2.05, 4.69) is 20.7 Å². The van der Waals surface area contributed by atoms with Crippen molar-refractivity contribution in [3.63, 3.8) is 0 Å². The Balaban J connectivity index is 1.58. The molecule has 0 aliphatic carbocycles. The van der Waals surface area contributed by atoms with Crippen molar-refractivity contribution in [2.24, 2.45) is 0 Å². The molecule has 0 saturated carbocycles. The molecule has 0 radical (unpaired) electrons. The zero-order chi connectivity index (χ0) is 21.9. The Labute approximate surface area is 180 Å². The first-order valence-electron chi connectivity index (χ1n) is 8.75. The van der Waals surface area contributed by atoms with Crippen molar-refractivity contribution in [3.8, 4) is 0 Å². The third-order valence-electron chi connectivity index (χ3n) is 4.33. The molecule has 1 atom stereocenters. The molecule has 1 heterocycles. The highest BCUT2D eigenvalue weighted by molar-refractivity contribution is 9.10. The second kappa shape index (κ2) is 9.04. The number of sulfonamides is 1. The molecule has 1 aliphatic heterocycles. The summed E-state index contributed by atoms with van der Waals surface area (Å²) < 4.78 is 32.5. The molecular weight excluding hydrogens is 480 g/mol. The summed E-state index contributed by atoms with van der Waals surface area (Å²) >= 11 is 3.19. The minimum Gasteiger partial charge on any atom is -0.463 e. The van der Waals surface area contributed by atoms with E-state index in [1.54, 1.807) is 12.1 Å². The van der Waals surface area contributed by atoms with Gasteiger partial charge in [0.1, 0.15) is 12.6 Å². The summed E-state index contributed by atoms with van der Waals surface area (Å²) in [5.41, 5.74) is 0.536. The van der Waals surface area contributed by atoms with Crippen LogP contribution in [0.5, 0.6) is 0 Å². The van der Waals surface area contributed by atoms with Gasteiger partial charge in [-0.15, -0.1) is 0 Å². The largest absolute Gasteiger partial charge is 0.463 e. The van der Waals surface area contributed by atoms with E-state index in [0.29, 0.717) is 4.47 Å². The van der Waals surface area contributed by atoms with Crippen LogP contribution >= 0.6 is 15.9 Å². The van der Waals surface area contributed by atoms with Crippen molar-refractivity contribution in [1.82, 2.24) is 9.62 Å². The number of hydrogen-bond donors (Lipinski definition) is 2. The van der Waals surface area contributed by atoms with E-state index in [0.717, 1.165) is 4.90 Å². The van der Waals surface area contributed by atoms with Crippen LogP contribution < -0.4 is 4.72 Å². The van der Waals surface area contributed by atoms with Crippen LogP contribution in [0.1, 0.15) is 20.7 Å². The summed E-state index contributed by atoms with van der Waals surface area (Å²) in [6, 6.07) is 10.5. The van der Waals surface area contributed by atoms with Crippen LogP contribution in [0.25, 0.3) is 0 Å². The van der Waals surface area contributed by atoms with Gasteiger partial charge in [0.15, 0.2) is 0 Å². The van der Waals surface area contributed by atoms with Crippen molar-refractivity contribution in [3.05, 3.63) is 64.1 Å². The fourth-order valence-corrected chi connectivity index (χ4v) is 4.25. The maximum absolute atomic E-state index is 12.4. The molecular formula is C19H17BrN2O7S. The lowest BCUT2D eigenvalue weighted by Gasteiger charge is -2.17. The molecule has 0 fully saturated rings. The average Bonchev–Trinajstić information content (AvgIpc) is 2.97. The summed E-state index contributed by atoms with van der Waals surface area (Å²) in [6.07, 6.45) is 0. The minimum absolute atomic E-state index is 0.0945. The molecule has 11 heteroatoms. The molecule has 0 aromatic heterocycles. The predicted molar refractivity (Wildman–Crippen MR) is 108 cm³/mol. The number of halogens is 1. The van der Waals surface area contributed by atoms with E-state index in [1.807, 2.05) is 0 Å². The first-order chi connectivity index (χ1) is 14.2. The van der Waals surface area contributed by atoms with E-state index < -0.39 is 40.5 Å². The number of imide groups is 1. The standard InChI is InChI=1S/C19H17BrN2O7S/c20-12-5-7-13(8-6-12)30(27,28)21-16(11-23)19(26)29-10-9-22-17(24)14-3-1-2-4-15(14)18(22)25/h1-8,16,21,23H,9-11H2/t16-/m1/s1. The number of carbonyl (C=O) groups excluding carboxylic acids is 3. The second-order valence-corrected chi connectivity index (χ2v) is 8.92. The molecule has 9 nitrogen and oxygen atoms in total. The maximum Gasteiger partial charge on any atom is 0.326 e. The quantitative estimate of drug-likeness (QED) is 0.410. The van der Waals surface area contributed by atoms with Gasteiger partial charge in [-0.3, -0.25) is 19.3 Å². The first kappa shape index (κ1) is 22.1. The van der Waals surface area contributed by atoms with Crippen molar-refractivity contribution in [2.45, 2.75) is 10.9 Å². The molecule has 2 aromatic rings. The number of nitrogens with zero attached hydrogens (tertiary/aromatic N) is 1. The fourth-order valence-electron chi connectivity index (χ4n) is 2.81. The lowest BCUT2D eigenvalue weighted by atomic mass is 10.1. The Morgan fingerprint density at radius 3 is 2.17 bits per heavy atom. The van der Waals surface area contributed by atoms with E-state index in [1.165, 1.54) is 36.4 Å². The number of benzene rings is 2. The smallest absolute Gasteiger partial charge is 0.326 e. The number of hydrogen-bond acceptors (Lipinski definition) is 7. The molecule has 3 rings (SSSR count). The molecule has 0 spiro atoms. The van der Waals surface area contributed by atoms with Gasteiger partial charge in [0.2, 0.25) is 10.0 Å². The molecule has 30 heavy (non-hydrogen) atoms. The number of ether oxygens (including phenoxy) is 1. The van der Waals surface area contributed by atoms with Gasteiger partial charge in [-0.2, -0.15) is 4.72 Å². The van der Waals surface area contributed by atoms with Crippen molar-refractivity contribution < 1.29 is 32.6 Å². The van der Waals surface area contributed by atoms with Crippen LogP contribution in [-0.2, 0) is 19.6 Å². The van der Waals surface area contributed by atoms with Crippen LogP contribution in [-0.4, -0.2) is 62.0 Å². The van der Waals surface area contributed by atoms with Crippen molar-refractivity contribution >= 4 is 43.7 Å². The Morgan fingerprint density at radius 1 is 1.07 bits per heavy atom. The SMILES string of the molecule is O=C(OCCN1C(=O)c2ccccc2C1=O)[C@@H](CO)NS(=O)(=O)c1ccc(Br)cc1. The Kier molecular flexibility index (Phi) is 6.66. The highest BCUT2D eigenvalue weighted by Crippen LogP contribution is 2.22. The second-order valence-electron chi connectivity index (χ2n) is 6.29. The Bertz CT molecular complexity index is 1050. The summed E-state index contributed by atoms with van der Waals surface area (Å²) in [6.45, 7) is -1.38. The first-order valence-corrected chi connectivity index (χ1v) is 11.0. The monoisotopic (exact) mass is 496 g/mol. The van der Waals surface area contributed by atoms with Crippen molar-refractivity contribution in [2.75, 3.05) is 19.8 Å². The number of carbonyl (C=O) groups is 3. The van der Waals surface area contributed by atoms with Gasteiger partial charge in [0.05, 0.1) is 29.2 Å². The minimum atomic E-state index is -4.08. The number of aliphatic hydroxyl groups is 1. The number of nitrogens with one attached hydrogen (secondary N) is 1. The molecule has 0 unspecified atom stereocenters. The predicted octanol–water partition coefficient (Wildman–Crippen LogP) is 0.928. The highest BCUT2D eigenvalue weighted by Gasteiger charge is 2.35. The third kappa shape index (κ3) is 4.59. The molecule has 2 aromatic carbocycles. The zero-order valence-corrected chi connectivity index (χ0v) is 17.9. The van der Waals surface area contributed by atoms with Crippen LogP contribution in [0.4, 0.5) is 0 Å². The van der Waals surface area contributed by atoms with E-state index in [-0.39, 0.29) is 29.2 Å². The molecule has 0 saturated heterocycles. The molecule has 2 N–H and O–H groups in total. The van der Waals surface area contributed by atoms with Crippen LogP contribution in [0, 0.1) is 0 Å². The molecule has 2 amide bonds. The lowest BCUT2D eigenvalue weighted by molar-refractivity contribution is -0.146. The van der Waals surface area contributed by atoms with Crippen LogP contribution in [0.2, 0.25) is 0 Å². The number of rotatable bonds is 8. The van der Waals surface area contributed by atoms with E-state index in [4.69, 9.17) is 4.74 Å². The zero-order valence-electron chi connectivity index (χ0n) is 15.4. The van der Waals surface area contributed by atoms with Gasteiger partial charge in [-0.1, -0.05) is 28.1 Å².